The molecule has 2 rings (SSSR count). The van der Waals surface area contributed by atoms with Crippen LogP contribution in [-0.2, 0) is 4.74 Å². The van der Waals surface area contributed by atoms with Gasteiger partial charge in [0.15, 0.2) is 11.6 Å². The van der Waals surface area contributed by atoms with Crippen LogP contribution in [0.5, 0.6) is 5.75 Å². The lowest BCUT2D eigenvalue weighted by molar-refractivity contribution is 0.0299. The van der Waals surface area contributed by atoms with Gasteiger partial charge in [-0.15, -0.1) is 0 Å². The van der Waals surface area contributed by atoms with Crippen LogP contribution in [0.15, 0.2) is 18.3 Å². The van der Waals surface area contributed by atoms with Crippen LogP contribution in [0.25, 0.3) is 0 Å². The number of nitrogens with one attached hydrogen (secondary N) is 1. The molecule has 0 spiro atoms. The number of anilines is 1. The quantitative estimate of drug-likeness (QED) is 0.887. The molecular weight excluding hydrogens is 240 g/mol. The lowest BCUT2D eigenvalue weighted by Crippen LogP contribution is -2.33. The van der Waals surface area contributed by atoms with Gasteiger partial charge in [0.2, 0.25) is 0 Å². The summed E-state index contributed by atoms with van der Waals surface area (Å²) in [6, 6.07) is 3.86. The van der Waals surface area contributed by atoms with Gasteiger partial charge in [-0.3, -0.25) is 0 Å². The second-order valence-corrected chi connectivity index (χ2v) is 5.79. The number of aromatic nitrogens is 1. The Hall–Kier alpha value is -1.29. The summed E-state index contributed by atoms with van der Waals surface area (Å²) in [5.41, 5.74) is 0.283. The Morgan fingerprint density at radius 1 is 1.42 bits per heavy atom. The number of pyridine rings is 1. The van der Waals surface area contributed by atoms with Crippen molar-refractivity contribution in [3.8, 4) is 5.75 Å². The molecule has 1 aliphatic heterocycles. The van der Waals surface area contributed by atoms with Crippen molar-refractivity contribution in [1.29, 1.82) is 0 Å². The fourth-order valence-electron chi connectivity index (χ4n) is 2.21. The average Bonchev–Trinajstić information content (AvgIpc) is 2.38. The van der Waals surface area contributed by atoms with Crippen LogP contribution >= 0.6 is 0 Å². The van der Waals surface area contributed by atoms with Crippen LogP contribution in [0.4, 0.5) is 5.82 Å². The minimum absolute atomic E-state index is 0.156. The first-order valence-electron chi connectivity index (χ1n) is 7.02. The van der Waals surface area contributed by atoms with Crippen molar-refractivity contribution < 1.29 is 9.47 Å². The third-order valence-corrected chi connectivity index (χ3v) is 3.52. The number of hydrogen-bond acceptors (Lipinski definition) is 4. The Morgan fingerprint density at radius 2 is 2.16 bits per heavy atom. The van der Waals surface area contributed by atoms with E-state index in [1.807, 2.05) is 26.0 Å². The summed E-state index contributed by atoms with van der Waals surface area (Å²) in [5, 5.41) is 3.44. The van der Waals surface area contributed by atoms with Gasteiger partial charge in [0.25, 0.3) is 0 Å². The van der Waals surface area contributed by atoms with Crippen molar-refractivity contribution in [3.05, 3.63) is 18.3 Å². The zero-order valence-electron chi connectivity index (χ0n) is 12.1. The fourth-order valence-corrected chi connectivity index (χ4v) is 2.21. The second-order valence-electron chi connectivity index (χ2n) is 5.79. The summed E-state index contributed by atoms with van der Waals surface area (Å²) in [5.74, 6) is 1.66. The summed E-state index contributed by atoms with van der Waals surface area (Å²) in [6.45, 7) is 8.97. The number of rotatable bonds is 5. The molecule has 1 saturated heterocycles. The van der Waals surface area contributed by atoms with Crippen molar-refractivity contribution >= 4 is 5.82 Å². The Kier molecular flexibility index (Phi) is 4.64. The highest BCUT2D eigenvalue weighted by Gasteiger charge is 2.27. The molecule has 19 heavy (non-hydrogen) atoms. The molecule has 106 valence electrons. The Balaban J connectivity index is 1.98. The Morgan fingerprint density at radius 3 is 2.84 bits per heavy atom. The highest BCUT2D eigenvalue weighted by atomic mass is 16.5. The number of nitrogens with zero attached hydrogens (tertiary/aromatic N) is 1. The van der Waals surface area contributed by atoms with E-state index < -0.39 is 0 Å². The highest BCUT2D eigenvalue weighted by Crippen LogP contribution is 2.31. The first-order chi connectivity index (χ1) is 9.09. The SMILES string of the molecule is CC(C)Oc1cccnc1NCC1(C)CCOCC1. The van der Waals surface area contributed by atoms with E-state index in [4.69, 9.17) is 9.47 Å². The molecule has 0 saturated carbocycles. The topological polar surface area (TPSA) is 43.4 Å². The van der Waals surface area contributed by atoms with Gasteiger partial charge in [-0.1, -0.05) is 6.92 Å². The molecule has 0 bridgehead atoms. The predicted octanol–water partition coefficient (Wildman–Crippen LogP) is 3.10. The van der Waals surface area contributed by atoms with Crippen molar-refractivity contribution in [1.82, 2.24) is 4.98 Å². The molecule has 1 fully saturated rings. The third kappa shape index (κ3) is 4.10. The minimum Gasteiger partial charge on any atom is -0.487 e. The molecule has 1 aromatic rings. The van der Waals surface area contributed by atoms with Gasteiger partial charge in [-0.05, 0) is 44.2 Å². The first-order valence-corrected chi connectivity index (χ1v) is 7.02. The monoisotopic (exact) mass is 264 g/mol. The molecule has 1 aromatic heterocycles. The van der Waals surface area contributed by atoms with Gasteiger partial charge < -0.3 is 14.8 Å². The van der Waals surface area contributed by atoms with E-state index in [9.17, 15) is 0 Å². The minimum atomic E-state index is 0.156. The van der Waals surface area contributed by atoms with Gasteiger partial charge in [0, 0.05) is 26.0 Å². The average molecular weight is 264 g/mol. The summed E-state index contributed by atoms with van der Waals surface area (Å²) in [7, 11) is 0. The summed E-state index contributed by atoms with van der Waals surface area (Å²) < 4.78 is 11.2. The molecule has 2 heterocycles. The van der Waals surface area contributed by atoms with E-state index in [2.05, 4.69) is 17.2 Å². The molecule has 1 N–H and O–H groups in total. The summed E-state index contributed by atoms with van der Waals surface area (Å²) in [6.07, 6.45) is 4.13. The fraction of sp³-hybridized carbons (Fsp3) is 0.667. The van der Waals surface area contributed by atoms with Crippen LogP contribution < -0.4 is 10.1 Å². The molecule has 1 aliphatic rings. The molecule has 4 heteroatoms. The van der Waals surface area contributed by atoms with E-state index >= 15 is 0 Å². The van der Waals surface area contributed by atoms with E-state index in [1.165, 1.54) is 0 Å². The lowest BCUT2D eigenvalue weighted by Gasteiger charge is -2.33. The molecule has 4 nitrogen and oxygen atoms in total. The number of ether oxygens (including phenoxy) is 2. The van der Waals surface area contributed by atoms with Crippen molar-refractivity contribution in [2.45, 2.75) is 39.7 Å². The van der Waals surface area contributed by atoms with Crippen LogP contribution in [-0.4, -0.2) is 30.8 Å². The van der Waals surface area contributed by atoms with Crippen LogP contribution in [0, 0.1) is 5.41 Å². The van der Waals surface area contributed by atoms with E-state index in [0.29, 0.717) is 0 Å². The number of hydrogen-bond donors (Lipinski definition) is 1. The van der Waals surface area contributed by atoms with Crippen molar-refractivity contribution in [2.24, 2.45) is 5.41 Å². The maximum atomic E-state index is 5.77. The van der Waals surface area contributed by atoms with E-state index in [1.54, 1.807) is 6.20 Å². The van der Waals surface area contributed by atoms with Crippen molar-refractivity contribution in [2.75, 3.05) is 25.1 Å². The highest BCUT2D eigenvalue weighted by molar-refractivity contribution is 5.49. The summed E-state index contributed by atoms with van der Waals surface area (Å²) >= 11 is 0. The molecule has 0 aliphatic carbocycles. The lowest BCUT2D eigenvalue weighted by atomic mass is 9.82. The molecule has 0 atom stereocenters. The first kappa shape index (κ1) is 14.1. The van der Waals surface area contributed by atoms with Gasteiger partial charge in [0.05, 0.1) is 6.10 Å². The predicted molar refractivity (Wildman–Crippen MR) is 76.7 cm³/mol. The standard InChI is InChI=1S/C15H24N2O2/c1-12(2)19-13-5-4-8-16-14(13)17-11-15(3)6-9-18-10-7-15/h4-5,8,12H,6-7,9-11H2,1-3H3,(H,16,17). The van der Waals surface area contributed by atoms with Crippen molar-refractivity contribution in [3.63, 3.8) is 0 Å². The van der Waals surface area contributed by atoms with E-state index in [0.717, 1.165) is 44.2 Å². The molecule has 0 amide bonds. The summed E-state index contributed by atoms with van der Waals surface area (Å²) in [4.78, 5) is 4.38. The van der Waals surface area contributed by atoms with E-state index in [-0.39, 0.29) is 11.5 Å². The van der Waals surface area contributed by atoms with Crippen LogP contribution in [0.2, 0.25) is 0 Å². The van der Waals surface area contributed by atoms with Gasteiger partial charge in [-0.25, -0.2) is 4.98 Å². The Bertz CT molecular complexity index is 401. The third-order valence-electron chi connectivity index (χ3n) is 3.52. The maximum absolute atomic E-state index is 5.77. The molecule has 0 radical (unpaired) electrons. The normalized spacial score (nSPS) is 18.3. The zero-order chi connectivity index (χ0) is 13.7. The maximum Gasteiger partial charge on any atom is 0.168 e. The molecule has 0 aromatic carbocycles. The zero-order valence-corrected chi connectivity index (χ0v) is 12.1. The van der Waals surface area contributed by atoms with Crippen LogP contribution in [0.3, 0.4) is 0 Å². The second kappa shape index (κ2) is 6.24. The smallest absolute Gasteiger partial charge is 0.168 e. The van der Waals surface area contributed by atoms with Gasteiger partial charge >= 0.3 is 0 Å². The Labute approximate surface area is 115 Å². The largest absolute Gasteiger partial charge is 0.487 e. The van der Waals surface area contributed by atoms with Crippen LogP contribution in [0.1, 0.15) is 33.6 Å². The molecule has 0 unspecified atom stereocenters. The molecular formula is C15H24N2O2. The van der Waals surface area contributed by atoms with Gasteiger partial charge in [0.1, 0.15) is 0 Å². The van der Waals surface area contributed by atoms with Gasteiger partial charge in [-0.2, -0.15) is 0 Å².